The van der Waals surface area contributed by atoms with E-state index in [9.17, 15) is 9.59 Å². The zero-order chi connectivity index (χ0) is 15.7. The molecule has 0 radical (unpaired) electrons. The van der Waals surface area contributed by atoms with Crippen molar-refractivity contribution in [3.8, 4) is 0 Å². The lowest BCUT2D eigenvalue weighted by molar-refractivity contribution is -0.129. The third kappa shape index (κ3) is 2.82. The van der Waals surface area contributed by atoms with Crippen LogP contribution in [0.4, 0.5) is 5.69 Å². The van der Waals surface area contributed by atoms with Gasteiger partial charge >= 0.3 is 0 Å². The first-order valence-electron chi connectivity index (χ1n) is 6.42. The number of nitrogens with two attached hydrogens (primary N) is 1. The van der Waals surface area contributed by atoms with Gasteiger partial charge in [-0.1, -0.05) is 0 Å². The second-order valence-electron chi connectivity index (χ2n) is 5.10. The van der Waals surface area contributed by atoms with Gasteiger partial charge in [0.15, 0.2) is 0 Å². The predicted molar refractivity (Wildman–Crippen MR) is 84.4 cm³/mol. The Labute approximate surface area is 127 Å². The Kier molecular flexibility index (Phi) is 4.13. The summed E-state index contributed by atoms with van der Waals surface area (Å²) >= 11 is 1.26. The molecule has 0 saturated heterocycles. The minimum atomic E-state index is -0.259. The highest BCUT2D eigenvalue weighted by molar-refractivity contribution is 7.21. The molecule has 0 saturated carbocycles. The standard InChI is InChI=1S/C14H18N4O2S/c1-8-5-6-16-13-10(8)11(15)12(21-13)14(20)18(4)7-9(19)17(2)3/h5-6H,7,15H2,1-4H3. The van der Waals surface area contributed by atoms with E-state index in [1.807, 2.05) is 13.0 Å². The average Bonchev–Trinajstić information content (AvgIpc) is 2.76. The fourth-order valence-corrected chi connectivity index (χ4v) is 3.09. The number of pyridine rings is 1. The molecule has 0 bridgehead atoms. The van der Waals surface area contributed by atoms with Crippen LogP contribution in [0.25, 0.3) is 10.2 Å². The van der Waals surface area contributed by atoms with E-state index < -0.39 is 0 Å². The van der Waals surface area contributed by atoms with Crippen molar-refractivity contribution in [3.05, 3.63) is 22.7 Å². The van der Waals surface area contributed by atoms with E-state index in [2.05, 4.69) is 4.98 Å². The Balaban J connectivity index is 2.34. The summed E-state index contributed by atoms with van der Waals surface area (Å²) in [4.78, 5) is 32.4. The molecule has 2 N–H and O–H groups in total. The number of thiophene rings is 1. The summed E-state index contributed by atoms with van der Waals surface area (Å²) in [6.07, 6.45) is 1.70. The number of nitrogen functional groups attached to an aromatic ring is 1. The third-order valence-corrected chi connectivity index (χ3v) is 4.35. The summed E-state index contributed by atoms with van der Waals surface area (Å²) in [5.41, 5.74) is 7.52. The first-order chi connectivity index (χ1) is 9.82. The highest BCUT2D eigenvalue weighted by Crippen LogP contribution is 2.34. The smallest absolute Gasteiger partial charge is 0.266 e. The van der Waals surface area contributed by atoms with Crippen molar-refractivity contribution >= 4 is 39.1 Å². The lowest BCUT2D eigenvalue weighted by atomic mass is 10.1. The van der Waals surface area contributed by atoms with Crippen LogP contribution in [-0.4, -0.2) is 54.3 Å². The maximum Gasteiger partial charge on any atom is 0.266 e. The van der Waals surface area contributed by atoms with Crippen LogP contribution in [0.1, 0.15) is 15.2 Å². The van der Waals surface area contributed by atoms with Gasteiger partial charge < -0.3 is 15.5 Å². The summed E-state index contributed by atoms with van der Waals surface area (Å²) in [5.74, 6) is -0.398. The lowest BCUT2D eigenvalue weighted by Gasteiger charge is -2.18. The Hall–Kier alpha value is -2.15. The van der Waals surface area contributed by atoms with Gasteiger partial charge in [0.25, 0.3) is 5.91 Å². The van der Waals surface area contributed by atoms with Crippen molar-refractivity contribution in [2.75, 3.05) is 33.4 Å². The zero-order valence-electron chi connectivity index (χ0n) is 12.5. The number of aryl methyl sites for hydroxylation is 1. The topological polar surface area (TPSA) is 79.5 Å². The number of carbonyl (C=O) groups is 2. The van der Waals surface area contributed by atoms with Gasteiger partial charge in [0, 0.05) is 32.7 Å². The molecule has 2 aromatic heterocycles. The van der Waals surface area contributed by atoms with Crippen LogP contribution in [0, 0.1) is 6.92 Å². The zero-order valence-corrected chi connectivity index (χ0v) is 13.3. The van der Waals surface area contributed by atoms with Gasteiger partial charge in [-0.05, 0) is 18.6 Å². The molecule has 2 rings (SSSR count). The van der Waals surface area contributed by atoms with Crippen molar-refractivity contribution in [1.82, 2.24) is 14.8 Å². The second-order valence-corrected chi connectivity index (χ2v) is 6.10. The van der Waals surface area contributed by atoms with Crippen LogP contribution in [0.3, 0.4) is 0 Å². The van der Waals surface area contributed by atoms with Crippen LogP contribution in [-0.2, 0) is 4.79 Å². The van der Waals surface area contributed by atoms with Gasteiger partial charge in [-0.2, -0.15) is 0 Å². The fourth-order valence-electron chi connectivity index (χ4n) is 1.95. The summed E-state index contributed by atoms with van der Waals surface area (Å²) in [6.45, 7) is 1.95. The number of rotatable bonds is 3. The molecule has 0 fully saturated rings. The number of aromatic nitrogens is 1. The molecule has 0 unspecified atom stereocenters. The molecular formula is C14H18N4O2S. The van der Waals surface area contributed by atoms with E-state index >= 15 is 0 Å². The number of carbonyl (C=O) groups excluding carboxylic acids is 2. The summed E-state index contributed by atoms with van der Waals surface area (Å²) in [7, 11) is 4.90. The number of hydrogen-bond acceptors (Lipinski definition) is 5. The second kappa shape index (κ2) is 5.69. The molecule has 0 aliphatic heterocycles. The maximum atomic E-state index is 12.5. The molecule has 2 aromatic rings. The minimum Gasteiger partial charge on any atom is -0.397 e. The molecule has 2 heterocycles. The van der Waals surface area contributed by atoms with Gasteiger partial charge in [0.2, 0.25) is 5.91 Å². The van der Waals surface area contributed by atoms with Crippen molar-refractivity contribution in [2.24, 2.45) is 0 Å². The minimum absolute atomic E-state index is 0.0198. The van der Waals surface area contributed by atoms with Gasteiger partial charge in [0.05, 0.1) is 12.2 Å². The number of fused-ring (bicyclic) bond motifs is 1. The van der Waals surface area contributed by atoms with Crippen molar-refractivity contribution in [3.63, 3.8) is 0 Å². The third-order valence-electron chi connectivity index (χ3n) is 3.25. The largest absolute Gasteiger partial charge is 0.397 e. The molecule has 0 aliphatic rings. The van der Waals surface area contributed by atoms with E-state index in [-0.39, 0.29) is 18.4 Å². The Morgan fingerprint density at radius 1 is 1.33 bits per heavy atom. The van der Waals surface area contributed by atoms with Crippen molar-refractivity contribution in [1.29, 1.82) is 0 Å². The van der Waals surface area contributed by atoms with Crippen LogP contribution in [0.15, 0.2) is 12.3 Å². The molecule has 7 heteroatoms. The number of hydrogen-bond donors (Lipinski definition) is 1. The van der Waals surface area contributed by atoms with Crippen LogP contribution < -0.4 is 5.73 Å². The van der Waals surface area contributed by atoms with E-state index in [4.69, 9.17) is 5.73 Å². The van der Waals surface area contributed by atoms with E-state index in [1.165, 1.54) is 21.1 Å². The molecular weight excluding hydrogens is 288 g/mol. The normalized spacial score (nSPS) is 10.7. The van der Waals surface area contributed by atoms with Crippen LogP contribution in [0.5, 0.6) is 0 Å². The van der Waals surface area contributed by atoms with Crippen molar-refractivity contribution in [2.45, 2.75) is 6.92 Å². The maximum absolute atomic E-state index is 12.5. The van der Waals surface area contributed by atoms with Crippen LogP contribution in [0.2, 0.25) is 0 Å². The SMILES string of the molecule is Cc1ccnc2sc(C(=O)N(C)CC(=O)N(C)C)c(N)c12. The van der Waals surface area contributed by atoms with E-state index in [0.717, 1.165) is 15.8 Å². The quantitative estimate of drug-likeness (QED) is 0.928. The molecule has 0 aliphatic carbocycles. The fraction of sp³-hybridized carbons (Fsp3) is 0.357. The Bertz CT molecular complexity index is 708. The molecule has 0 atom stereocenters. The molecule has 6 nitrogen and oxygen atoms in total. The Morgan fingerprint density at radius 2 is 2.00 bits per heavy atom. The highest BCUT2D eigenvalue weighted by atomic mass is 32.1. The Morgan fingerprint density at radius 3 is 2.57 bits per heavy atom. The lowest BCUT2D eigenvalue weighted by Crippen LogP contribution is -2.37. The van der Waals surface area contributed by atoms with Crippen LogP contribution >= 0.6 is 11.3 Å². The summed E-state index contributed by atoms with van der Waals surface area (Å²) in [6, 6.07) is 1.86. The molecule has 112 valence electrons. The van der Waals surface area contributed by atoms with Crippen molar-refractivity contribution < 1.29 is 9.59 Å². The van der Waals surface area contributed by atoms with Gasteiger partial charge in [-0.3, -0.25) is 9.59 Å². The number of nitrogens with zero attached hydrogens (tertiary/aromatic N) is 3. The number of amides is 2. The van der Waals surface area contributed by atoms with Gasteiger partial charge in [0.1, 0.15) is 9.71 Å². The monoisotopic (exact) mass is 306 g/mol. The highest BCUT2D eigenvalue weighted by Gasteiger charge is 2.22. The molecule has 0 spiro atoms. The summed E-state index contributed by atoms with van der Waals surface area (Å²) < 4.78 is 0. The molecule has 2 amide bonds. The average molecular weight is 306 g/mol. The first kappa shape index (κ1) is 15.2. The number of likely N-dealkylation sites (N-methyl/N-ethyl adjacent to an activating group) is 2. The first-order valence-corrected chi connectivity index (χ1v) is 7.23. The van der Waals surface area contributed by atoms with E-state index in [1.54, 1.807) is 27.3 Å². The number of anilines is 1. The van der Waals surface area contributed by atoms with Gasteiger partial charge in [-0.25, -0.2) is 4.98 Å². The van der Waals surface area contributed by atoms with Gasteiger partial charge in [-0.15, -0.1) is 11.3 Å². The molecule has 0 aromatic carbocycles. The molecule has 21 heavy (non-hydrogen) atoms. The summed E-state index contributed by atoms with van der Waals surface area (Å²) in [5, 5.41) is 0.818. The predicted octanol–water partition coefficient (Wildman–Crippen LogP) is 1.35. The van der Waals surface area contributed by atoms with E-state index in [0.29, 0.717) is 10.6 Å².